The Morgan fingerprint density at radius 3 is 2.25 bits per heavy atom. The van der Waals surface area contributed by atoms with Crippen molar-refractivity contribution in [2.75, 3.05) is 40.1 Å². The van der Waals surface area contributed by atoms with Crippen LogP contribution in [0.25, 0.3) is 0 Å². The second-order valence-electron chi connectivity index (χ2n) is 5.17. The van der Waals surface area contributed by atoms with Crippen LogP contribution in [0.2, 0.25) is 0 Å². The average Bonchev–Trinajstić information content (AvgIpc) is 2.46. The summed E-state index contributed by atoms with van der Waals surface area (Å²) in [4.78, 5) is 2.38. The quantitative estimate of drug-likeness (QED) is 0.707. The topological polar surface area (TPSA) is 47.7 Å². The van der Waals surface area contributed by atoms with Gasteiger partial charge in [0.15, 0.2) is 11.5 Å². The van der Waals surface area contributed by atoms with Gasteiger partial charge in [0.2, 0.25) is 0 Å². The summed E-state index contributed by atoms with van der Waals surface area (Å²) < 4.78 is 10.6. The largest absolute Gasteiger partial charge is 0.493 e. The summed E-state index contributed by atoms with van der Waals surface area (Å²) in [7, 11) is 5.45. The molecule has 0 saturated carbocycles. The molecule has 0 spiro atoms. The maximum absolute atomic E-state index is 6.07. The minimum absolute atomic E-state index is 0.689. The van der Waals surface area contributed by atoms with Crippen molar-refractivity contribution in [3.8, 4) is 11.5 Å². The van der Waals surface area contributed by atoms with Gasteiger partial charge in [-0.3, -0.25) is 0 Å². The van der Waals surface area contributed by atoms with Crippen molar-refractivity contribution in [3.63, 3.8) is 0 Å². The van der Waals surface area contributed by atoms with Crippen LogP contribution in [0.15, 0.2) is 12.1 Å². The van der Waals surface area contributed by atoms with Crippen molar-refractivity contribution in [2.24, 2.45) is 0 Å². The van der Waals surface area contributed by atoms with Crippen LogP contribution < -0.4 is 15.2 Å². The van der Waals surface area contributed by atoms with Gasteiger partial charge in [-0.25, -0.2) is 0 Å². The Labute approximate surface area is 122 Å². The van der Waals surface area contributed by atoms with Gasteiger partial charge in [-0.15, -0.1) is 0 Å². The van der Waals surface area contributed by atoms with Crippen LogP contribution in [0.5, 0.6) is 11.5 Å². The van der Waals surface area contributed by atoms with Crippen LogP contribution >= 0.6 is 0 Å². The molecule has 0 bridgehead atoms. The number of ether oxygens (including phenoxy) is 2. The molecule has 0 aliphatic heterocycles. The summed E-state index contributed by atoms with van der Waals surface area (Å²) in [5, 5.41) is 0. The number of hydrogen-bond acceptors (Lipinski definition) is 4. The number of methoxy groups -OCH3 is 2. The maximum atomic E-state index is 6.07. The van der Waals surface area contributed by atoms with Crippen LogP contribution in [0, 0.1) is 0 Å². The fraction of sp³-hybridized carbons (Fsp3) is 0.625. The van der Waals surface area contributed by atoms with Gasteiger partial charge in [0, 0.05) is 11.8 Å². The summed E-state index contributed by atoms with van der Waals surface area (Å²) in [6, 6.07) is 3.83. The predicted octanol–water partition coefficient (Wildman–Crippen LogP) is 2.95. The highest BCUT2D eigenvalue weighted by Gasteiger charge is 2.09. The number of unbranched alkanes of at least 4 members (excludes halogenated alkanes) is 1. The number of nitrogens with zero attached hydrogens (tertiary/aromatic N) is 1. The van der Waals surface area contributed by atoms with Crippen molar-refractivity contribution >= 4 is 5.69 Å². The Morgan fingerprint density at radius 1 is 1.05 bits per heavy atom. The Bertz CT molecular complexity index is 408. The highest BCUT2D eigenvalue weighted by atomic mass is 16.5. The van der Waals surface area contributed by atoms with Gasteiger partial charge in [-0.05, 0) is 51.0 Å². The number of nitrogens with two attached hydrogens (primary N) is 1. The fourth-order valence-electron chi connectivity index (χ4n) is 2.23. The normalized spacial score (nSPS) is 10.8. The predicted molar refractivity (Wildman–Crippen MR) is 84.7 cm³/mol. The van der Waals surface area contributed by atoms with E-state index < -0.39 is 0 Å². The van der Waals surface area contributed by atoms with E-state index in [0.717, 1.165) is 42.9 Å². The van der Waals surface area contributed by atoms with E-state index in [2.05, 4.69) is 18.9 Å². The molecule has 2 N–H and O–H groups in total. The molecule has 0 aromatic heterocycles. The van der Waals surface area contributed by atoms with Crippen molar-refractivity contribution < 1.29 is 9.47 Å². The number of anilines is 1. The SMILES string of the molecule is CCCCN(C)CCCc1cc(OC)c(OC)cc1N. The fourth-order valence-corrected chi connectivity index (χ4v) is 2.23. The van der Waals surface area contributed by atoms with Crippen molar-refractivity contribution in [2.45, 2.75) is 32.6 Å². The zero-order valence-corrected chi connectivity index (χ0v) is 13.2. The molecule has 0 saturated heterocycles. The summed E-state index contributed by atoms with van der Waals surface area (Å²) in [6.45, 7) is 4.48. The third-order valence-corrected chi connectivity index (χ3v) is 3.52. The molecule has 4 heteroatoms. The molecule has 0 atom stereocenters. The zero-order valence-electron chi connectivity index (χ0n) is 13.2. The first-order chi connectivity index (χ1) is 9.62. The molecule has 4 nitrogen and oxygen atoms in total. The number of nitrogen functional groups attached to an aromatic ring is 1. The number of hydrogen-bond donors (Lipinski definition) is 1. The van der Waals surface area contributed by atoms with Crippen molar-refractivity contribution in [3.05, 3.63) is 17.7 Å². The van der Waals surface area contributed by atoms with Gasteiger partial charge in [0.1, 0.15) is 0 Å². The molecular formula is C16H28N2O2. The van der Waals surface area contributed by atoms with Gasteiger partial charge in [0.05, 0.1) is 14.2 Å². The standard InChI is InChI=1S/C16H28N2O2/c1-5-6-9-18(2)10-7-8-13-11-15(19-3)16(20-4)12-14(13)17/h11-12H,5-10,17H2,1-4H3. The first-order valence-corrected chi connectivity index (χ1v) is 7.31. The van der Waals surface area contributed by atoms with Gasteiger partial charge in [0.25, 0.3) is 0 Å². The van der Waals surface area contributed by atoms with Gasteiger partial charge < -0.3 is 20.1 Å². The van der Waals surface area contributed by atoms with E-state index >= 15 is 0 Å². The molecule has 0 aliphatic rings. The second kappa shape index (κ2) is 8.69. The van der Waals surface area contributed by atoms with Crippen LogP contribution in [-0.4, -0.2) is 39.3 Å². The molecular weight excluding hydrogens is 252 g/mol. The van der Waals surface area contributed by atoms with Crippen molar-refractivity contribution in [1.29, 1.82) is 0 Å². The van der Waals surface area contributed by atoms with Gasteiger partial charge >= 0.3 is 0 Å². The van der Waals surface area contributed by atoms with E-state index in [-0.39, 0.29) is 0 Å². The molecule has 0 fully saturated rings. The molecule has 0 unspecified atom stereocenters. The van der Waals surface area contributed by atoms with E-state index in [1.165, 1.54) is 12.8 Å². The second-order valence-corrected chi connectivity index (χ2v) is 5.17. The lowest BCUT2D eigenvalue weighted by Gasteiger charge is -2.17. The molecule has 114 valence electrons. The number of benzene rings is 1. The summed E-state index contributed by atoms with van der Waals surface area (Å²) in [5.74, 6) is 1.44. The first kappa shape index (κ1) is 16.6. The Morgan fingerprint density at radius 2 is 1.65 bits per heavy atom. The lowest BCUT2D eigenvalue weighted by molar-refractivity contribution is 0.323. The van der Waals surface area contributed by atoms with Crippen LogP contribution in [0.3, 0.4) is 0 Å². The zero-order chi connectivity index (χ0) is 15.0. The highest BCUT2D eigenvalue weighted by molar-refractivity contribution is 5.58. The van der Waals surface area contributed by atoms with E-state index in [9.17, 15) is 0 Å². The minimum Gasteiger partial charge on any atom is -0.493 e. The van der Waals surface area contributed by atoms with Crippen LogP contribution in [0.1, 0.15) is 31.7 Å². The van der Waals surface area contributed by atoms with E-state index in [1.807, 2.05) is 12.1 Å². The third-order valence-electron chi connectivity index (χ3n) is 3.52. The van der Waals surface area contributed by atoms with Gasteiger partial charge in [-0.2, -0.15) is 0 Å². The summed E-state index contributed by atoms with van der Waals surface area (Å²) >= 11 is 0. The Hall–Kier alpha value is -1.42. The van der Waals surface area contributed by atoms with Crippen LogP contribution in [-0.2, 0) is 6.42 Å². The molecule has 20 heavy (non-hydrogen) atoms. The molecule has 0 heterocycles. The molecule has 1 aromatic carbocycles. The van der Waals surface area contributed by atoms with Crippen molar-refractivity contribution in [1.82, 2.24) is 4.90 Å². The molecule has 1 aromatic rings. The molecule has 1 rings (SSSR count). The van der Waals surface area contributed by atoms with E-state index in [4.69, 9.17) is 15.2 Å². The van der Waals surface area contributed by atoms with E-state index in [0.29, 0.717) is 5.75 Å². The smallest absolute Gasteiger partial charge is 0.162 e. The molecule has 0 aliphatic carbocycles. The summed E-state index contributed by atoms with van der Waals surface area (Å²) in [5.41, 5.74) is 7.98. The lowest BCUT2D eigenvalue weighted by atomic mass is 10.1. The Balaban J connectivity index is 2.55. The third kappa shape index (κ3) is 4.93. The lowest BCUT2D eigenvalue weighted by Crippen LogP contribution is -2.21. The summed E-state index contributed by atoms with van der Waals surface area (Å²) in [6.07, 6.45) is 4.56. The molecule has 0 amide bonds. The molecule has 0 radical (unpaired) electrons. The average molecular weight is 280 g/mol. The number of aryl methyl sites for hydroxylation is 1. The maximum Gasteiger partial charge on any atom is 0.162 e. The number of rotatable bonds is 9. The Kier molecular flexibility index (Phi) is 7.23. The van der Waals surface area contributed by atoms with E-state index in [1.54, 1.807) is 14.2 Å². The minimum atomic E-state index is 0.689. The van der Waals surface area contributed by atoms with Crippen LogP contribution in [0.4, 0.5) is 5.69 Å². The highest BCUT2D eigenvalue weighted by Crippen LogP contribution is 2.32. The monoisotopic (exact) mass is 280 g/mol. The first-order valence-electron chi connectivity index (χ1n) is 7.31. The van der Waals surface area contributed by atoms with Gasteiger partial charge in [-0.1, -0.05) is 13.3 Å².